The Morgan fingerprint density at radius 1 is 1.09 bits per heavy atom. The van der Waals surface area contributed by atoms with Crippen molar-refractivity contribution < 1.29 is 42.5 Å². The van der Waals surface area contributed by atoms with Gasteiger partial charge in [-0.2, -0.15) is 0 Å². The van der Waals surface area contributed by atoms with Crippen molar-refractivity contribution >= 4 is 17.8 Å². The Labute approximate surface area is 179 Å². The number of carboxylic acid groups (broad SMARTS) is 1. The first-order chi connectivity index (χ1) is 15.0. The molecule has 0 aromatic heterocycles. The molecule has 4 unspecified atom stereocenters. The number of aliphatic carboxylic acids is 1. The van der Waals surface area contributed by atoms with E-state index in [1.165, 1.54) is 36.4 Å². The number of rotatable bonds is 5. The van der Waals surface area contributed by atoms with Crippen molar-refractivity contribution in [2.45, 2.75) is 24.4 Å². The fourth-order valence-electron chi connectivity index (χ4n) is 4.49. The largest absolute Gasteiger partial charge is 0.573 e. The molecule has 0 spiro atoms. The highest BCUT2D eigenvalue weighted by Crippen LogP contribution is 2.48. The summed E-state index contributed by atoms with van der Waals surface area (Å²) in [6.07, 6.45) is -5.14. The molecule has 4 N–H and O–H groups in total. The van der Waals surface area contributed by atoms with E-state index in [9.17, 15) is 37.8 Å². The zero-order chi connectivity index (χ0) is 23.3. The predicted molar refractivity (Wildman–Crippen MR) is 101 cm³/mol. The standard InChI is InChI=1S/C21H17F3N2O6/c22-21(23,24)32-13-3-1-2-11(8-13)16-14-15(18(29)25-17(14)28)20(26-16,19(30)31)9-10-4-6-12(27)7-5-10/h1-8,14-16,26-27H,9H2,(H,30,31)(H,25,28,29). The molecule has 2 aliphatic heterocycles. The van der Waals surface area contributed by atoms with Crippen molar-refractivity contribution in [3.05, 3.63) is 59.7 Å². The van der Waals surface area contributed by atoms with E-state index in [4.69, 9.17) is 0 Å². The van der Waals surface area contributed by atoms with Crippen LogP contribution in [-0.4, -0.2) is 39.9 Å². The summed E-state index contributed by atoms with van der Waals surface area (Å²) >= 11 is 0. The average molecular weight is 450 g/mol. The molecule has 2 aromatic rings. The second-order valence-corrected chi connectivity index (χ2v) is 7.72. The number of carbonyl (C=O) groups excluding carboxylic acids is 2. The zero-order valence-corrected chi connectivity index (χ0v) is 16.2. The molecular formula is C21H17F3N2O6. The van der Waals surface area contributed by atoms with Gasteiger partial charge in [0.15, 0.2) is 0 Å². The Hall–Kier alpha value is -3.60. The molecule has 11 heteroatoms. The molecule has 0 radical (unpaired) electrons. The van der Waals surface area contributed by atoms with Gasteiger partial charge in [-0.25, -0.2) is 0 Å². The maximum Gasteiger partial charge on any atom is 0.573 e. The summed E-state index contributed by atoms with van der Waals surface area (Å²) in [5.41, 5.74) is -1.28. The van der Waals surface area contributed by atoms with Gasteiger partial charge < -0.3 is 14.9 Å². The number of ether oxygens (including phenoxy) is 1. The molecular weight excluding hydrogens is 433 g/mol. The number of amides is 2. The van der Waals surface area contributed by atoms with E-state index in [2.05, 4.69) is 15.4 Å². The van der Waals surface area contributed by atoms with Crippen LogP contribution in [-0.2, 0) is 20.8 Å². The maximum absolute atomic E-state index is 12.6. The quantitative estimate of drug-likeness (QED) is 0.513. The summed E-state index contributed by atoms with van der Waals surface area (Å²) in [5, 5.41) is 24.6. The normalized spacial score (nSPS) is 27.2. The number of halogens is 3. The summed E-state index contributed by atoms with van der Waals surface area (Å²) < 4.78 is 41.8. The van der Waals surface area contributed by atoms with E-state index >= 15 is 0 Å². The average Bonchev–Trinajstić information content (AvgIpc) is 3.20. The first-order valence-electron chi connectivity index (χ1n) is 9.49. The van der Waals surface area contributed by atoms with Gasteiger partial charge in [0.25, 0.3) is 0 Å². The maximum atomic E-state index is 12.6. The monoisotopic (exact) mass is 450 g/mol. The number of aromatic hydroxyl groups is 1. The first-order valence-corrected chi connectivity index (χ1v) is 9.49. The van der Waals surface area contributed by atoms with Crippen LogP contribution in [0, 0.1) is 11.8 Å². The van der Waals surface area contributed by atoms with Crippen molar-refractivity contribution in [2.75, 3.05) is 0 Å². The molecule has 32 heavy (non-hydrogen) atoms. The van der Waals surface area contributed by atoms with Crippen molar-refractivity contribution in [3.63, 3.8) is 0 Å². The van der Waals surface area contributed by atoms with E-state index < -0.39 is 53.3 Å². The van der Waals surface area contributed by atoms with E-state index in [-0.39, 0.29) is 17.7 Å². The second kappa shape index (κ2) is 7.52. The van der Waals surface area contributed by atoms with Gasteiger partial charge in [-0.05, 0) is 35.4 Å². The van der Waals surface area contributed by atoms with E-state index in [0.717, 1.165) is 12.1 Å². The highest BCUT2D eigenvalue weighted by Gasteiger charge is 2.66. The highest BCUT2D eigenvalue weighted by molar-refractivity contribution is 6.09. The third kappa shape index (κ3) is 3.75. The second-order valence-electron chi connectivity index (χ2n) is 7.72. The number of phenols is 1. The lowest BCUT2D eigenvalue weighted by molar-refractivity contribution is -0.274. The van der Waals surface area contributed by atoms with Crippen LogP contribution < -0.4 is 15.4 Å². The van der Waals surface area contributed by atoms with Crippen LogP contribution in [0.5, 0.6) is 11.5 Å². The first kappa shape index (κ1) is 21.6. The number of benzene rings is 2. The fraction of sp³-hybridized carbons (Fsp3) is 0.286. The van der Waals surface area contributed by atoms with Gasteiger partial charge in [-0.3, -0.25) is 25.0 Å². The molecule has 4 rings (SSSR count). The molecule has 2 fully saturated rings. The minimum absolute atomic E-state index is 0.0384. The van der Waals surface area contributed by atoms with Crippen molar-refractivity contribution in [1.29, 1.82) is 0 Å². The van der Waals surface area contributed by atoms with E-state index in [1.807, 2.05) is 0 Å². The van der Waals surface area contributed by atoms with Crippen LogP contribution in [0.1, 0.15) is 17.2 Å². The molecule has 2 heterocycles. The molecule has 0 saturated carbocycles. The number of nitrogens with one attached hydrogen (secondary N) is 2. The van der Waals surface area contributed by atoms with Crippen molar-refractivity contribution in [1.82, 2.24) is 10.6 Å². The Bertz CT molecular complexity index is 1090. The molecule has 168 valence electrons. The summed E-state index contributed by atoms with van der Waals surface area (Å²) in [4.78, 5) is 37.6. The molecule has 2 saturated heterocycles. The van der Waals surface area contributed by atoms with Gasteiger partial charge in [0.1, 0.15) is 17.0 Å². The number of carboxylic acids is 1. The molecule has 2 aliphatic rings. The Morgan fingerprint density at radius 3 is 2.41 bits per heavy atom. The number of carbonyl (C=O) groups is 3. The van der Waals surface area contributed by atoms with E-state index in [0.29, 0.717) is 5.56 Å². The van der Waals surface area contributed by atoms with Gasteiger partial charge in [0.2, 0.25) is 11.8 Å². The van der Waals surface area contributed by atoms with E-state index in [1.54, 1.807) is 0 Å². The van der Waals surface area contributed by atoms with Gasteiger partial charge >= 0.3 is 12.3 Å². The topological polar surface area (TPSA) is 125 Å². The van der Waals surface area contributed by atoms with Gasteiger partial charge in [0, 0.05) is 12.5 Å². The Kier molecular flexibility index (Phi) is 5.08. The van der Waals surface area contributed by atoms with Gasteiger partial charge in [0.05, 0.1) is 11.8 Å². The predicted octanol–water partition coefficient (Wildman–Crippen LogP) is 1.89. The Balaban J connectivity index is 1.76. The van der Waals surface area contributed by atoms with Gasteiger partial charge in [-0.15, -0.1) is 13.2 Å². The molecule has 2 aromatic carbocycles. The summed E-state index contributed by atoms with van der Waals surface area (Å²) in [7, 11) is 0. The van der Waals surface area contributed by atoms with Crippen LogP contribution in [0.2, 0.25) is 0 Å². The molecule has 4 atom stereocenters. The molecule has 0 bridgehead atoms. The minimum Gasteiger partial charge on any atom is -0.508 e. The number of phenolic OH excluding ortho intramolecular Hbond substituents is 1. The summed E-state index contributed by atoms with van der Waals surface area (Å²) in [5.74, 6) is -5.92. The smallest absolute Gasteiger partial charge is 0.508 e. The van der Waals surface area contributed by atoms with Crippen LogP contribution in [0.15, 0.2) is 48.5 Å². The van der Waals surface area contributed by atoms with Crippen molar-refractivity contribution in [2.24, 2.45) is 11.8 Å². The lowest BCUT2D eigenvalue weighted by Crippen LogP contribution is -2.57. The fourth-order valence-corrected chi connectivity index (χ4v) is 4.49. The number of hydrogen-bond acceptors (Lipinski definition) is 6. The lowest BCUT2D eigenvalue weighted by Gasteiger charge is -2.30. The van der Waals surface area contributed by atoms with Crippen LogP contribution in [0.3, 0.4) is 0 Å². The lowest BCUT2D eigenvalue weighted by atomic mass is 9.76. The molecule has 2 amide bonds. The van der Waals surface area contributed by atoms with Crippen molar-refractivity contribution in [3.8, 4) is 11.5 Å². The summed E-state index contributed by atoms with van der Waals surface area (Å²) in [6.45, 7) is 0. The van der Waals surface area contributed by atoms with Crippen LogP contribution in [0.25, 0.3) is 0 Å². The number of fused-ring (bicyclic) bond motifs is 1. The number of imide groups is 1. The molecule has 8 nitrogen and oxygen atoms in total. The Morgan fingerprint density at radius 2 is 1.78 bits per heavy atom. The highest BCUT2D eigenvalue weighted by atomic mass is 19.4. The van der Waals surface area contributed by atoms with Crippen LogP contribution >= 0.6 is 0 Å². The SMILES string of the molecule is O=C1NC(=O)C2C1C(c1cccc(OC(F)(F)F)c1)NC2(Cc1ccc(O)cc1)C(=O)O. The molecule has 0 aliphatic carbocycles. The van der Waals surface area contributed by atoms with Gasteiger partial charge in [-0.1, -0.05) is 24.3 Å². The zero-order valence-electron chi connectivity index (χ0n) is 16.2. The minimum atomic E-state index is -4.94. The number of alkyl halides is 3. The summed E-state index contributed by atoms with van der Waals surface area (Å²) in [6, 6.07) is 9.44. The van der Waals surface area contributed by atoms with Crippen LogP contribution in [0.4, 0.5) is 13.2 Å². The third-order valence-electron chi connectivity index (χ3n) is 5.75. The third-order valence-corrected chi connectivity index (χ3v) is 5.75. The number of hydrogen-bond donors (Lipinski definition) is 4.